The van der Waals surface area contributed by atoms with Gasteiger partial charge in [-0.05, 0) is 31.0 Å². The molecule has 0 atom stereocenters. The number of rotatable bonds is 8. The van der Waals surface area contributed by atoms with Crippen LogP contribution in [0.4, 0.5) is 15.8 Å². The summed E-state index contributed by atoms with van der Waals surface area (Å²) in [7, 11) is -3.63. The minimum atomic E-state index is -3.63. The van der Waals surface area contributed by atoms with Crippen LogP contribution in [0.3, 0.4) is 0 Å². The van der Waals surface area contributed by atoms with Crippen LogP contribution < -0.4 is 10.0 Å². The van der Waals surface area contributed by atoms with Gasteiger partial charge in [0.15, 0.2) is 0 Å². The van der Waals surface area contributed by atoms with Crippen LogP contribution in [0.1, 0.15) is 25.7 Å². The predicted molar refractivity (Wildman–Crippen MR) is 79.6 cm³/mol. The summed E-state index contributed by atoms with van der Waals surface area (Å²) in [4.78, 5) is 22.0. The lowest BCUT2D eigenvalue weighted by molar-refractivity contribution is -0.137. The highest BCUT2D eigenvalue weighted by Gasteiger charge is 2.10. The van der Waals surface area contributed by atoms with E-state index in [0.29, 0.717) is 12.8 Å². The molecule has 0 aliphatic heterocycles. The third-order valence-corrected chi connectivity index (χ3v) is 3.18. The Balaban J connectivity index is 2.60. The average molecular weight is 332 g/mol. The van der Waals surface area contributed by atoms with Gasteiger partial charge in [0, 0.05) is 18.5 Å². The first-order chi connectivity index (χ1) is 10.2. The van der Waals surface area contributed by atoms with Crippen LogP contribution >= 0.6 is 0 Å². The lowest BCUT2D eigenvalue weighted by Gasteiger charge is -2.09. The van der Waals surface area contributed by atoms with Crippen molar-refractivity contribution in [3.8, 4) is 0 Å². The Morgan fingerprint density at radius 1 is 1.23 bits per heavy atom. The van der Waals surface area contributed by atoms with E-state index in [4.69, 9.17) is 5.11 Å². The number of anilines is 2. The zero-order chi connectivity index (χ0) is 16.8. The number of carboxylic acids is 1. The first-order valence-corrected chi connectivity index (χ1v) is 8.35. The molecule has 0 aliphatic carbocycles. The van der Waals surface area contributed by atoms with Gasteiger partial charge in [-0.3, -0.25) is 14.3 Å². The predicted octanol–water partition coefficient (Wildman–Crippen LogP) is 1.78. The van der Waals surface area contributed by atoms with E-state index in [9.17, 15) is 22.4 Å². The van der Waals surface area contributed by atoms with Gasteiger partial charge in [-0.25, -0.2) is 12.8 Å². The molecule has 0 radical (unpaired) electrons. The zero-order valence-corrected chi connectivity index (χ0v) is 12.7. The fraction of sp³-hybridized carbons (Fsp3) is 0.385. The van der Waals surface area contributed by atoms with E-state index in [-0.39, 0.29) is 30.1 Å². The Bertz CT molecular complexity index is 660. The van der Waals surface area contributed by atoms with E-state index in [2.05, 4.69) is 5.32 Å². The Morgan fingerprint density at radius 3 is 2.45 bits per heavy atom. The number of amides is 1. The SMILES string of the molecule is CS(=O)(=O)Nc1cc(NC(=O)CCCCC(=O)O)ccc1F. The summed E-state index contributed by atoms with van der Waals surface area (Å²) in [6.07, 6.45) is 1.80. The molecule has 122 valence electrons. The van der Waals surface area contributed by atoms with E-state index in [0.717, 1.165) is 12.3 Å². The van der Waals surface area contributed by atoms with Crippen molar-refractivity contribution in [2.45, 2.75) is 25.7 Å². The minimum Gasteiger partial charge on any atom is -0.481 e. The number of carbonyl (C=O) groups excluding carboxylic acids is 1. The van der Waals surface area contributed by atoms with Gasteiger partial charge in [0.1, 0.15) is 5.82 Å². The maximum Gasteiger partial charge on any atom is 0.303 e. The molecule has 0 saturated heterocycles. The van der Waals surface area contributed by atoms with Gasteiger partial charge in [-0.1, -0.05) is 0 Å². The van der Waals surface area contributed by atoms with E-state index in [1.54, 1.807) is 0 Å². The van der Waals surface area contributed by atoms with Crippen molar-refractivity contribution in [3.05, 3.63) is 24.0 Å². The second-order valence-corrected chi connectivity index (χ2v) is 6.47. The van der Waals surface area contributed by atoms with E-state index in [1.165, 1.54) is 12.1 Å². The van der Waals surface area contributed by atoms with Crippen molar-refractivity contribution >= 4 is 33.3 Å². The number of hydrogen-bond acceptors (Lipinski definition) is 4. The summed E-state index contributed by atoms with van der Waals surface area (Å²) < 4.78 is 37.7. The highest BCUT2D eigenvalue weighted by atomic mass is 32.2. The van der Waals surface area contributed by atoms with Crippen molar-refractivity contribution < 1.29 is 27.5 Å². The molecule has 0 heterocycles. The topological polar surface area (TPSA) is 113 Å². The van der Waals surface area contributed by atoms with Gasteiger partial charge in [0.25, 0.3) is 0 Å². The molecule has 3 N–H and O–H groups in total. The summed E-state index contributed by atoms with van der Waals surface area (Å²) in [5.74, 6) is -2.04. The molecule has 9 heteroatoms. The molecule has 0 unspecified atom stereocenters. The van der Waals surface area contributed by atoms with Crippen LogP contribution in [-0.4, -0.2) is 31.7 Å². The number of sulfonamides is 1. The standard InChI is InChI=1S/C13H17FN2O5S/c1-22(20,21)16-11-8-9(6-7-10(11)14)15-12(17)4-2-3-5-13(18)19/h6-8,16H,2-5H2,1H3,(H,15,17)(H,18,19). The number of benzene rings is 1. The van der Waals surface area contributed by atoms with Gasteiger partial charge in [-0.15, -0.1) is 0 Å². The van der Waals surface area contributed by atoms with E-state index in [1.807, 2.05) is 4.72 Å². The average Bonchev–Trinajstić information content (AvgIpc) is 2.37. The number of aliphatic carboxylic acids is 1. The molecule has 1 aromatic rings. The smallest absolute Gasteiger partial charge is 0.303 e. The van der Waals surface area contributed by atoms with Gasteiger partial charge < -0.3 is 10.4 Å². The molecular weight excluding hydrogens is 315 g/mol. The van der Waals surface area contributed by atoms with Crippen LogP contribution in [0.2, 0.25) is 0 Å². The maximum atomic E-state index is 13.5. The van der Waals surface area contributed by atoms with Crippen molar-refractivity contribution in [2.24, 2.45) is 0 Å². The summed E-state index contributed by atoms with van der Waals surface area (Å²) >= 11 is 0. The minimum absolute atomic E-state index is 0.00768. The Morgan fingerprint density at radius 2 is 1.86 bits per heavy atom. The lowest BCUT2D eigenvalue weighted by Crippen LogP contribution is -2.13. The summed E-state index contributed by atoms with van der Waals surface area (Å²) in [5.41, 5.74) is -0.0121. The number of hydrogen-bond donors (Lipinski definition) is 3. The molecule has 0 aliphatic rings. The summed E-state index contributed by atoms with van der Waals surface area (Å²) in [6, 6.07) is 3.51. The molecule has 0 saturated carbocycles. The van der Waals surface area contributed by atoms with Gasteiger partial charge in [0.2, 0.25) is 15.9 Å². The molecule has 0 spiro atoms. The zero-order valence-electron chi connectivity index (χ0n) is 11.9. The Labute approximate surface area is 127 Å². The van der Waals surface area contributed by atoms with Gasteiger partial charge in [-0.2, -0.15) is 0 Å². The van der Waals surface area contributed by atoms with Crippen molar-refractivity contribution in [2.75, 3.05) is 16.3 Å². The fourth-order valence-electron chi connectivity index (χ4n) is 1.67. The number of carboxylic acid groups (broad SMARTS) is 1. The lowest BCUT2D eigenvalue weighted by atomic mass is 10.2. The Hall–Kier alpha value is -2.16. The largest absolute Gasteiger partial charge is 0.481 e. The first kappa shape index (κ1) is 17.9. The highest BCUT2D eigenvalue weighted by Crippen LogP contribution is 2.20. The normalized spacial score (nSPS) is 11.0. The second-order valence-electron chi connectivity index (χ2n) is 4.72. The molecule has 1 amide bonds. The molecule has 22 heavy (non-hydrogen) atoms. The monoisotopic (exact) mass is 332 g/mol. The highest BCUT2D eigenvalue weighted by molar-refractivity contribution is 7.92. The van der Waals surface area contributed by atoms with Crippen LogP contribution in [0, 0.1) is 5.82 Å². The summed E-state index contributed by atoms with van der Waals surface area (Å²) in [5, 5.41) is 11.0. The van der Waals surface area contributed by atoms with E-state index >= 15 is 0 Å². The molecule has 1 aromatic carbocycles. The molecule has 0 aromatic heterocycles. The van der Waals surface area contributed by atoms with Crippen molar-refractivity contribution in [1.29, 1.82) is 0 Å². The fourth-order valence-corrected chi connectivity index (χ4v) is 2.22. The maximum absolute atomic E-state index is 13.5. The third-order valence-electron chi connectivity index (χ3n) is 2.59. The molecule has 0 fully saturated rings. The number of unbranched alkanes of at least 4 members (excludes halogenated alkanes) is 1. The molecule has 7 nitrogen and oxygen atoms in total. The van der Waals surface area contributed by atoms with Crippen LogP contribution in [-0.2, 0) is 19.6 Å². The number of halogens is 1. The molecular formula is C13H17FN2O5S. The van der Waals surface area contributed by atoms with Crippen LogP contribution in [0.15, 0.2) is 18.2 Å². The van der Waals surface area contributed by atoms with Crippen LogP contribution in [0.5, 0.6) is 0 Å². The third kappa shape index (κ3) is 7.02. The Kier molecular flexibility index (Phi) is 6.29. The van der Waals surface area contributed by atoms with E-state index < -0.39 is 21.8 Å². The number of carbonyl (C=O) groups is 2. The van der Waals surface area contributed by atoms with Gasteiger partial charge >= 0.3 is 5.97 Å². The molecule has 1 rings (SSSR count). The molecule has 0 bridgehead atoms. The first-order valence-electron chi connectivity index (χ1n) is 6.46. The second kappa shape index (κ2) is 7.74. The van der Waals surface area contributed by atoms with Gasteiger partial charge in [0.05, 0.1) is 11.9 Å². The van der Waals surface area contributed by atoms with Crippen molar-refractivity contribution in [1.82, 2.24) is 0 Å². The van der Waals surface area contributed by atoms with Crippen LogP contribution in [0.25, 0.3) is 0 Å². The quantitative estimate of drug-likeness (QED) is 0.628. The number of nitrogens with one attached hydrogen (secondary N) is 2. The van der Waals surface area contributed by atoms with Crippen molar-refractivity contribution in [3.63, 3.8) is 0 Å². The summed E-state index contributed by atoms with van der Waals surface area (Å²) in [6.45, 7) is 0.